The fraction of sp³-hybridized carbons (Fsp3) is 0.421. The lowest BCUT2D eigenvalue weighted by molar-refractivity contribution is 0.0725. The molecule has 0 spiro atoms. The van der Waals surface area contributed by atoms with Crippen LogP contribution in [-0.2, 0) is 17.7 Å². The third kappa shape index (κ3) is 3.03. The van der Waals surface area contributed by atoms with Gasteiger partial charge in [0.2, 0.25) is 0 Å². The summed E-state index contributed by atoms with van der Waals surface area (Å²) in [5.74, 6) is 1.85. The number of nitriles is 1. The van der Waals surface area contributed by atoms with Crippen molar-refractivity contribution in [3.05, 3.63) is 52.7 Å². The molecule has 2 aromatic rings. The van der Waals surface area contributed by atoms with Crippen LogP contribution in [0.3, 0.4) is 0 Å². The molecule has 0 bridgehead atoms. The van der Waals surface area contributed by atoms with E-state index in [1.807, 2.05) is 0 Å². The number of nitrogens with zero attached hydrogens (tertiary/aromatic N) is 3. The molecule has 1 amide bonds. The Kier molecular flexibility index (Phi) is 4.24. The molecule has 1 saturated heterocycles. The van der Waals surface area contributed by atoms with Crippen molar-refractivity contribution in [2.24, 2.45) is 0 Å². The van der Waals surface area contributed by atoms with E-state index >= 15 is 0 Å². The van der Waals surface area contributed by atoms with Crippen LogP contribution in [0.25, 0.3) is 0 Å². The van der Waals surface area contributed by atoms with Crippen LogP contribution in [0.1, 0.15) is 52.0 Å². The SMILES string of the molecule is N#Cc1ccccc1C(=O)N1CCc2oc(C3CCOCC3)nc2C1. The van der Waals surface area contributed by atoms with Crippen molar-refractivity contribution in [1.29, 1.82) is 5.26 Å². The molecule has 6 heteroatoms. The third-order valence-corrected chi connectivity index (χ3v) is 4.88. The van der Waals surface area contributed by atoms with E-state index in [4.69, 9.17) is 9.15 Å². The fourth-order valence-electron chi connectivity index (χ4n) is 3.45. The quantitative estimate of drug-likeness (QED) is 0.842. The Bertz CT molecular complexity index is 831. The maximum Gasteiger partial charge on any atom is 0.255 e. The molecule has 2 aliphatic rings. The molecule has 0 unspecified atom stereocenters. The topological polar surface area (TPSA) is 79.4 Å². The highest BCUT2D eigenvalue weighted by Gasteiger charge is 2.29. The number of carbonyl (C=O) groups is 1. The minimum absolute atomic E-state index is 0.126. The first-order valence-corrected chi connectivity index (χ1v) is 8.61. The molecule has 1 fully saturated rings. The fourth-order valence-corrected chi connectivity index (χ4v) is 3.45. The number of rotatable bonds is 2. The maximum absolute atomic E-state index is 12.8. The van der Waals surface area contributed by atoms with Gasteiger partial charge in [0.1, 0.15) is 11.5 Å². The summed E-state index contributed by atoms with van der Waals surface area (Å²) < 4.78 is 11.4. The number of ether oxygens (including phenoxy) is 1. The van der Waals surface area contributed by atoms with Gasteiger partial charge < -0.3 is 14.1 Å². The first-order chi connectivity index (χ1) is 12.3. The summed E-state index contributed by atoms with van der Waals surface area (Å²) in [7, 11) is 0. The van der Waals surface area contributed by atoms with Crippen LogP contribution in [0.15, 0.2) is 28.7 Å². The summed E-state index contributed by atoms with van der Waals surface area (Å²) in [6.07, 6.45) is 2.52. The molecule has 6 nitrogen and oxygen atoms in total. The highest BCUT2D eigenvalue weighted by molar-refractivity contribution is 5.96. The van der Waals surface area contributed by atoms with E-state index in [1.165, 1.54) is 0 Å². The number of benzene rings is 1. The van der Waals surface area contributed by atoms with Gasteiger partial charge >= 0.3 is 0 Å². The largest absolute Gasteiger partial charge is 0.445 e. The summed E-state index contributed by atoms with van der Waals surface area (Å²) >= 11 is 0. The van der Waals surface area contributed by atoms with Crippen LogP contribution in [0.4, 0.5) is 0 Å². The van der Waals surface area contributed by atoms with Gasteiger partial charge in [-0.25, -0.2) is 4.98 Å². The molecule has 1 aromatic carbocycles. The zero-order valence-electron chi connectivity index (χ0n) is 13.9. The van der Waals surface area contributed by atoms with E-state index < -0.39 is 0 Å². The van der Waals surface area contributed by atoms with E-state index in [9.17, 15) is 10.1 Å². The Balaban J connectivity index is 1.53. The molecule has 0 radical (unpaired) electrons. The Morgan fingerprint density at radius 2 is 2.08 bits per heavy atom. The zero-order chi connectivity index (χ0) is 17.2. The number of amides is 1. The standard InChI is InChI=1S/C19H19N3O3/c20-11-14-3-1-2-4-15(14)19(23)22-8-5-17-16(12-22)21-18(25-17)13-6-9-24-10-7-13/h1-4,13H,5-10,12H2. The Labute approximate surface area is 146 Å². The van der Waals surface area contributed by atoms with Gasteiger partial charge in [-0.3, -0.25) is 4.79 Å². The van der Waals surface area contributed by atoms with Crippen molar-refractivity contribution in [2.45, 2.75) is 31.7 Å². The zero-order valence-corrected chi connectivity index (χ0v) is 13.9. The summed E-state index contributed by atoms with van der Waals surface area (Å²) in [5.41, 5.74) is 1.69. The molecule has 2 aliphatic heterocycles. The molecule has 0 atom stereocenters. The van der Waals surface area contributed by atoms with E-state index in [0.29, 0.717) is 36.6 Å². The van der Waals surface area contributed by atoms with Crippen molar-refractivity contribution in [1.82, 2.24) is 9.88 Å². The second kappa shape index (κ2) is 6.69. The van der Waals surface area contributed by atoms with E-state index in [1.54, 1.807) is 29.2 Å². The molecular formula is C19H19N3O3. The average Bonchev–Trinajstić information content (AvgIpc) is 3.11. The summed E-state index contributed by atoms with van der Waals surface area (Å²) in [6.45, 7) is 2.50. The smallest absolute Gasteiger partial charge is 0.255 e. The van der Waals surface area contributed by atoms with E-state index in [-0.39, 0.29) is 5.91 Å². The second-order valence-corrected chi connectivity index (χ2v) is 6.44. The highest BCUT2D eigenvalue weighted by Crippen LogP contribution is 2.30. The predicted molar refractivity (Wildman–Crippen MR) is 88.9 cm³/mol. The van der Waals surface area contributed by atoms with Crippen molar-refractivity contribution in [3.63, 3.8) is 0 Å². The molecule has 0 saturated carbocycles. The minimum atomic E-state index is -0.126. The molecule has 0 aliphatic carbocycles. The lowest BCUT2D eigenvalue weighted by Gasteiger charge is -2.25. The van der Waals surface area contributed by atoms with Crippen molar-refractivity contribution in [3.8, 4) is 6.07 Å². The average molecular weight is 337 g/mol. The maximum atomic E-state index is 12.8. The number of hydrogen-bond donors (Lipinski definition) is 0. The first-order valence-electron chi connectivity index (χ1n) is 8.61. The molecule has 4 rings (SSSR count). The number of hydrogen-bond acceptors (Lipinski definition) is 5. The Hall–Kier alpha value is -2.65. The molecule has 25 heavy (non-hydrogen) atoms. The van der Waals surface area contributed by atoms with Gasteiger partial charge in [0.15, 0.2) is 5.89 Å². The molecule has 1 aromatic heterocycles. The van der Waals surface area contributed by atoms with Crippen molar-refractivity contribution >= 4 is 5.91 Å². The number of fused-ring (bicyclic) bond motifs is 1. The van der Waals surface area contributed by atoms with Gasteiger partial charge in [-0.05, 0) is 25.0 Å². The van der Waals surface area contributed by atoms with Crippen LogP contribution in [-0.4, -0.2) is 35.5 Å². The summed E-state index contributed by atoms with van der Waals surface area (Å²) in [4.78, 5) is 19.2. The van der Waals surface area contributed by atoms with Crippen LogP contribution in [0.5, 0.6) is 0 Å². The third-order valence-electron chi connectivity index (χ3n) is 4.88. The molecular weight excluding hydrogens is 318 g/mol. The van der Waals surface area contributed by atoms with Crippen LogP contribution >= 0.6 is 0 Å². The molecule has 128 valence electrons. The lowest BCUT2D eigenvalue weighted by Crippen LogP contribution is -2.36. The Morgan fingerprint density at radius 1 is 1.28 bits per heavy atom. The van der Waals surface area contributed by atoms with Crippen LogP contribution < -0.4 is 0 Å². The number of oxazole rings is 1. The summed E-state index contributed by atoms with van der Waals surface area (Å²) in [6, 6.07) is 9.00. The first kappa shape index (κ1) is 15.9. The minimum Gasteiger partial charge on any atom is -0.445 e. The Morgan fingerprint density at radius 3 is 2.88 bits per heavy atom. The molecule has 3 heterocycles. The van der Waals surface area contributed by atoms with Crippen LogP contribution in [0, 0.1) is 11.3 Å². The van der Waals surface area contributed by atoms with E-state index in [2.05, 4.69) is 11.1 Å². The normalized spacial score (nSPS) is 17.8. The number of carbonyl (C=O) groups excluding carboxylic acids is 1. The van der Waals surface area contributed by atoms with Crippen molar-refractivity contribution in [2.75, 3.05) is 19.8 Å². The molecule has 0 N–H and O–H groups in total. The van der Waals surface area contributed by atoms with Crippen molar-refractivity contribution < 1.29 is 13.9 Å². The van der Waals surface area contributed by atoms with Crippen LogP contribution in [0.2, 0.25) is 0 Å². The monoisotopic (exact) mass is 337 g/mol. The predicted octanol–water partition coefficient (Wildman–Crippen LogP) is 2.64. The summed E-state index contributed by atoms with van der Waals surface area (Å²) in [5, 5.41) is 9.21. The van der Waals surface area contributed by atoms with Gasteiger partial charge in [0.05, 0.1) is 23.7 Å². The highest BCUT2D eigenvalue weighted by atomic mass is 16.5. The van der Waals surface area contributed by atoms with Gasteiger partial charge in [-0.2, -0.15) is 5.26 Å². The van der Waals surface area contributed by atoms with Gasteiger partial charge in [-0.1, -0.05) is 12.1 Å². The second-order valence-electron chi connectivity index (χ2n) is 6.44. The van der Waals surface area contributed by atoms with E-state index in [0.717, 1.165) is 43.4 Å². The van der Waals surface area contributed by atoms with Gasteiger partial charge in [0, 0.05) is 32.1 Å². The van der Waals surface area contributed by atoms with Gasteiger partial charge in [0.25, 0.3) is 5.91 Å². The lowest BCUT2D eigenvalue weighted by atomic mass is 10.0. The van der Waals surface area contributed by atoms with Gasteiger partial charge in [-0.15, -0.1) is 0 Å². The number of aromatic nitrogens is 1.